The van der Waals surface area contributed by atoms with Crippen LogP contribution in [-0.2, 0) is 4.79 Å². The summed E-state index contributed by atoms with van der Waals surface area (Å²) >= 11 is 0. The lowest BCUT2D eigenvalue weighted by molar-refractivity contribution is -0.116. The highest BCUT2D eigenvalue weighted by Crippen LogP contribution is 2.15. The summed E-state index contributed by atoms with van der Waals surface area (Å²) in [6.45, 7) is 6.01. The molecule has 2 rings (SSSR count). The second-order valence-corrected chi connectivity index (χ2v) is 5.64. The maximum absolute atomic E-state index is 12.0. The van der Waals surface area contributed by atoms with Gasteiger partial charge in [0.15, 0.2) is 5.78 Å². The van der Waals surface area contributed by atoms with E-state index >= 15 is 0 Å². The highest BCUT2D eigenvalue weighted by molar-refractivity contribution is 6.00. The van der Waals surface area contributed by atoms with E-state index in [1.807, 2.05) is 51.1 Å². The number of ketones is 1. The maximum Gasteiger partial charge on any atom is 0.224 e. The van der Waals surface area contributed by atoms with Crippen LogP contribution >= 0.6 is 0 Å². The van der Waals surface area contributed by atoms with Crippen molar-refractivity contribution in [3.05, 3.63) is 64.7 Å². The summed E-state index contributed by atoms with van der Waals surface area (Å²) in [4.78, 5) is 24.0. The molecule has 0 atom stereocenters. The van der Waals surface area contributed by atoms with Gasteiger partial charge in [-0.15, -0.1) is 0 Å². The van der Waals surface area contributed by atoms with Crippen LogP contribution in [0.3, 0.4) is 0 Å². The number of hydrogen-bond donors (Lipinski definition) is 1. The van der Waals surface area contributed by atoms with Crippen molar-refractivity contribution in [2.24, 2.45) is 0 Å². The van der Waals surface area contributed by atoms with Crippen molar-refractivity contribution in [1.82, 2.24) is 0 Å². The molecule has 0 aliphatic heterocycles. The number of hydrogen-bond acceptors (Lipinski definition) is 2. The van der Waals surface area contributed by atoms with Crippen molar-refractivity contribution in [1.29, 1.82) is 0 Å². The Kier molecular flexibility index (Phi) is 5.10. The van der Waals surface area contributed by atoms with Gasteiger partial charge in [0.05, 0.1) is 0 Å². The number of carbonyl (C=O) groups excluding carboxylic acids is 2. The third-order valence-corrected chi connectivity index (χ3v) is 3.74. The average molecular weight is 295 g/mol. The molecule has 2 aromatic rings. The Morgan fingerprint density at radius 2 is 1.55 bits per heavy atom. The van der Waals surface area contributed by atoms with Crippen molar-refractivity contribution >= 4 is 17.4 Å². The Balaban J connectivity index is 1.88. The van der Waals surface area contributed by atoms with E-state index in [1.54, 1.807) is 12.1 Å². The molecule has 3 heteroatoms. The van der Waals surface area contributed by atoms with E-state index in [9.17, 15) is 9.59 Å². The maximum atomic E-state index is 12.0. The van der Waals surface area contributed by atoms with Crippen molar-refractivity contribution < 1.29 is 9.59 Å². The topological polar surface area (TPSA) is 46.2 Å². The number of carbonyl (C=O) groups is 2. The molecule has 0 radical (unpaired) electrons. The van der Waals surface area contributed by atoms with E-state index in [2.05, 4.69) is 5.32 Å². The molecule has 0 bridgehead atoms. The van der Waals surface area contributed by atoms with Crippen LogP contribution in [0.25, 0.3) is 0 Å². The third-order valence-electron chi connectivity index (χ3n) is 3.74. The number of rotatable bonds is 5. The number of amides is 1. The van der Waals surface area contributed by atoms with Crippen molar-refractivity contribution in [3.8, 4) is 0 Å². The molecule has 0 heterocycles. The Bertz CT molecular complexity index is 687. The lowest BCUT2D eigenvalue weighted by Crippen LogP contribution is -2.13. The lowest BCUT2D eigenvalue weighted by Gasteiger charge is -2.07. The molecule has 0 unspecified atom stereocenters. The molecule has 1 amide bonds. The van der Waals surface area contributed by atoms with E-state index in [0.29, 0.717) is 5.56 Å². The molecule has 0 aliphatic rings. The summed E-state index contributed by atoms with van der Waals surface area (Å²) < 4.78 is 0. The predicted molar refractivity (Wildman–Crippen MR) is 89.3 cm³/mol. The summed E-state index contributed by atoms with van der Waals surface area (Å²) in [6.07, 6.45) is 0.416. The second kappa shape index (κ2) is 7.03. The normalized spacial score (nSPS) is 10.3. The summed E-state index contributed by atoms with van der Waals surface area (Å²) in [7, 11) is 0. The first-order valence-corrected chi connectivity index (χ1v) is 7.42. The fraction of sp³-hybridized carbons (Fsp3) is 0.263. The minimum atomic E-state index is -0.135. The van der Waals surface area contributed by atoms with E-state index in [0.717, 1.165) is 16.8 Å². The standard InChI is InChI=1S/C19H21NO2/c1-13-4-7-16(8-5-13)18(21)10-11-19(22)20-17-9-6-14(2)15(3)12-17/h4-9,12H,10-11H2,1-3H3,(H,20,22). The number of Topliss-reactive ketones (excluding diaryl/α,β-unsaturated/α-hetero) is 1. The zero-order valence-corrected chi connectivity index (χ0v) is 13.3. The van der Waals surface area contributed by atoms with Crippen molar-refractivity contribution in [3.63, 3.8) is 0 Å². The summed E-state index contributed by atoms with van der Waals surface area (Å²) in [5.74, 6) is -0.140. The second-order valence-electron chi connectivity index (χ2n) is 5.64. The van der Waals surface area contributed by atoms with Gasteiger partial charge in [0, 0.05) is 24.1 Å². The van der Waals surface area contributed by atoms with Crippen LogP contribution in [0.2, 0.25) is 0 Å². The van der Waals surface area contributed by atoms with Crippen LogP contribution < -0.4 is 5.32 Å². The fourth-order valence-electron chi connectivity index (χ4n) is 2.15. The van der Waals surface area contributed by atoms with Gasteiger partial charge >= 0.3 is 0 Å². The zero-order valence-electron chi connectivity index (χ0n) is 13.3. The molecule has 22 heavy (non-hydrogen) atoms. The van der Waals surface area contributed by atoms with Gasteiger partial charge in [-0.25, -0.2) is 0 Å². The van der Waals surface area contributed by atoms with Gasteiger partial charge in [-0.3, -0.25) is 9.59 Å². The van der Waals surface area contributed by atoms with E-state index < -0.39 is 0 Å². The molecule has 1 N–H and O–H groups in total. The predicted octanol–water partition coefficient (Wildman–Crippen LogP) is 4.21. The first kappa shape index (κ1) is 16.0. The van der Waals surface area contributed by atoms with Gasteiger partial charge in [0.2, 0.25) is 5.91 Å². The smallest absolute Gasteiger partial charge is 0.224 e. The van der Waals surface area contributed by atoms with E-state index in [1.165, 1.54) is 5.56 Å². The van der Waals surface area contributed by atoms with E-state index in [4.69, 9.17) is 0 Å². The molecule has 0 spiro atoms. The number of anilines is 1. The SMILES string of the molecule is Cc1ccc(C(=O)CCC(=O)Nc2ccc(C)c(C)c2)cc1. The summed E-state index contributed by atoms with van der Waals surface area (Å²) in [5, 5.41) is 2.83. The number of aryl methyl sites for hydroxylation is 3. The molecule has 0 aliphatic carbocycles. The first-order chi connectivity index (χ1) is 10.5. The van der Waals surface area contributed by atoms with Crippen LogP contribution in [0.4, 0.5) is 5.69 Å². The quantitative estimate of drug-likeness (QED) is 0.840. The van der Waals surface area contributed by atoms with E-state index in [-0.39, 0.29) is 24.5 Å². The highest BCUT2D eigenvalue weighted by Gasteiger charge is 2.09. The molecule has 3 nitrogen and oxygen atoms in total. The monoisotopic (exact) mass is 295 g/mol. The van der Waals surface area contributed by atoms with Crippen LogP contribution in [0.1, 0.15) is 39.9 Å². The van der Waals surface area contributed by atoms with Gasteiger partial charge in [-0.2, -0.15) is 0 Å². The van der Waals surface area contributed by atoms with Gasteiger partial charge in [-0.05, 0) is 44.0 Å². The molecule has 114 valence electrons. The Labute approximate surface area is 131 Å². The van der Waals surface area contributed by atoms with Gasteiger partial charge in [0.1, 0.15) is 0 Å². The first-order valence-electron chi connectivity index (χ1n) is 7.42. The van der Waals surface area contributed by atoms with Crippen LogP contribution in [0.15, 0.2) is 42.5 Å². The molecular weight excluding hydrogens is 274 g/mol. The number of nitrogens with one attached hydrogen (secondary N) is 1. The van der Waals surface area contributed by atoms with Gasteiger partial charge < -0.3 is 5.32 Å². The lowest BCUT2D eigenvalue weighted by atomic mass is 10.0. The molecule has 0 aromatic heterocycles. The summed E-state index contributed by atoms with van der Waals surface area (Å²) in [6, 6.07) is 13.2. The Morgan fingerprint density at radius 1 is 0.864 bits per heavy atom. The molecular formula is C19H21NO2. The van der Waals surface area contributed by atoms with Gasteiger partial charge in [-0.1, -0.05) is 35.9 Å². The highest BCUT2D eigenvalue weighted by atomic mass is 16.2. The van der Waals surface area contributed by atoms with Crippen LogP contribution in [-0.4, -0.2) is 11.7 Å². The summed E-state index contributed by atoms with van der Waals surface area (Å²) in [5.41, 5.74) is 4.87. The van der Waals surface area contributed by atoms with Gasteiger partial charge in [0.25, 0.3) is 0 Å². The van der Waals surface area contributed by atoms with Crippen molar-refractivity contribution in [2.75, 3.05) is 5.32 Å². The molecule has 2 aromatic carbocycles. The fourth-order valence-corrected chi connectivity index (χ4v) is 2.15. The Morgan fingerprint density at radius 3 is 2.18 bits per heavy atom. The van der Waals surface area contributed by atoms with Crippen LogP contribution in [0, 0.1) is 20.8 Å². The minimum absolute atomic E-state index is 0.00441. The molecule has 0 saturated heterocycles. The largest absolute Gasteiger partial charge is 0.326 e. The Hall–Kier alpha value is -2.42. The van der Waals surface area contributed by atoms with Crippen molar-refractivity contribution in [2.45, 2.75) is 33.6 Å². The zero-order chi connectivity index (χ0) is 16.1. The molecule has 0 saturated carbocycles. The molecule has 0 fully saturated rings. The number of benzene rings is 2. The third kappa shape index (κ3) is 4.29. The van der Waals surface area contributed by atoms with Crippen LogP contribution in [0.5, 0.6) is 0 Å². The minimum Gasteiger partial charge on any atom is -0.326 e. The average Bonchev–Trinajstić information content (AvgIpc) is 2.49.